The van der Waals surface area contributed by atoms with Crippen molar-refractivity contribution < 1.29 is 14.3 Å². The fraction of sp³-hybridized carbons (Fsp3) is 0. The van der Waals surface area contributed by atoms with Crippen molar-refractivity contribution in [1.82, 2.24) is 15.4 Å². The Morgan fingerprint density at radius 3 is 2.76 bits per heavy atom. The van der Waals surface area contributed by atoms with Crippen molar-refractivity contribution in [3.63, 3.8) is 0 Å². The summed E-state index contributed by atoms with van der Waals surface area (Å²) in [5.41, 5.74) is 1.01. The number of hydrogen-bond acceptors (Lipinski definition) is 5. The molecule has 0 fully saturated rings. The lowest BCUT2D eigenvalue weighted by Crippen LogP contribution is -1.84. The van der Waals surface area contributed by atoms with Gasteiger partial charge in [0.05, 0.1) is 0 Å². The van der Waals surface area contributed by atoms with Gasteiger partial charge in [-0.1, -0.05) is 24.8 Å². The molecule has 0 saturated carbocycles. The Kier molecular flexibility index (Phi) is 4.87. The molecule has 1 N–H and O–H groups in total. The Labute approximate surface area is 96.9 Å². The van der Waals surface area contributed by atoms with Gasteiger partial charge in [0.1, 0.15) is 11.9 Å². The van der Waals surface area contributed by atoms with Crippen LogP contribution in [0.1, 0.15) is 5.56 Å². The minimum Gasteiger partial charge on any atom is -0.436 e. The van der Waals surface area contributed by atoms with Crippen LogP contribution in [-0.4, -0.2) is 21.6 Å². The van der Waals surface area contributed by atoms with E-state index in [-0.39, 0.29) is 6.15 Å². The average Bonchev–Trinajstić information content (AvgIpc) is 2.83. The Bertz CT molecular complexity index is 502. The second-order valence-electron chi connectivity index (χ2n) is 2.77. The van der Waals surface area contributed by atoms with Crippen molar-refractivity contribution in [2.24, 2.45) is 0 Å². The number of rotatable bonds is 3. The van der Waals surface area contributed by atoms with E-state index in [2.05, 4.69) is 22.0 Å². The lowest BCUT2D eigenvalue weighted by Gasteiger charge is -2.01. The molecule has 0 aliphatic carbocycles. The molecule has 0 spiro atoms. The van der Waals surface area contributed by atoms with Crippen LogP contribution in [0.4, 0.5) is 0 Å². The minimum absolute atomic E-state index is 0.250. The smallest absolute Gasteiger partial charge is 0.373 e. The molecule has 0 amide bonds. The van der Waals surface area contributed by atoms with Crippen LogP contribution >= 0.6 is 0 Å². The average molecular weight is 231 g/mol. The van der Waals surface area contributed by atoms with Crippen molar-refractivity contribution in [1.29, 1.82) is 0 Å². The Morgan fingerprint density at radius 2 is 2.18 bits per heavy atom. The highest BCUT2D eigenvalue weighted by molar-refractivity contribution is 5.49. The van der Waals surface area contributed by atoms with E-state index in [4.69, 9.17) is 14.3 Å². The van der Waals surface area contributed by atoms with Crippen molar-refractivity contribution >= 4 is 12.2 Å². The first-order valence-electron chi connectivity index (χ1n) is 4.55. The number of nitrogens with zero attached hydrogens (tertiary/aromatic N) is 2. The van der Waals surface area contributed by atoms with E-state index in [1.54, 1.807) is 6.08 Å². The summed E-state index contributed by atoms with van der Waals surface area (Å²) in [6.07, 6.45) is 3.52. The fourth-order valence-corrected chi connectivity index (χ4v) is 1.07. The molecule has 0 saturated heterocycles. The van der Waals surface area contributed by atoms with E-state index >= 15 is 0 Å². The van der Waals surface area contributed by atoms with E-state index < -0.39 is 0 Å². The second kappa shape index (κ2) is 6.71. The van der Waals surface area contributed by atoms with E-state index in [0.29, 0.717) is 5.88 Å². The summed E-state index contributed by atoms with van der Waals surface area (Å²) in [7, 11) is 0. The van der Waals surface area contributed by atoms with Gasteiger partial charge in [-0.05, 0) is 17.7 Å². The molecule has 2 aromatic rings. The minimum atomic E-state index is 0.250. The molecule has 0 bridgehead atoms. The number of ether oxygens (including phenoxy) is 1. The molecule has 86 valence electrons. The third-order valence-electron chi connectivity index (χ3n) is 1.71. The molecular formula is C11H9N3O3. The highest BCUT2D eigenvalue weighted by Crippen LogP contribution is 2.19. The van der Waals surface area contributed by atoms with Gasteiger partial charge in [-0.25, -0.2) is 0 Å². The maximum absolute atomic E-state index is 8.12. The van der Waals surface area contributed by atoms with E-state index in [9.17, 15) is 0 Å². The fourth-order valence-electron chi connectivity index (χ4n) is 1.07. The van der Waals surface area contributed by atoms with Crippen molar-refractivity contribution in [3.05, 3.63) is 42.6 Å². The van der Waals surface area contributed by atoms with Crippen LogP contribution in [0.25, 0.3) is 6.08 Å². The van der Waals surface area contributed by atoms with Gasteiger partial charge in [-0.15, -0.1) is 5.10 Å². The first-order valence-corrected chi connectivity index (χ1v) is 4.55. The summed E-state index contributed by atoms with van der Waals surface area (Å²) >= 11 is 0. The summed E-state index contributed by atoms with van der Waals surface area (Å²) in [4.78, 5) is 16.2. The lowest BCUT2D eigenvalue weighted by molar-refractivity contribution is -0.191. The van der Waals surface area contributed by atoms with Crippen LogP contribution in [0.5, 0.6) is 11.6 Å². The zero-order valence-electron chi connectivity index (χ0n) is 8.79. The van der Waals surface area contributed by atoms with Crippen LogP contribution in [0.15, 0.2) is 37.0 Å². The first-order chi connectivity index (χ1) is 8.30. The molecule has 1 aromatic heterocycles. The van der Waals surface area contributed by atoms with Crippen LogP contribution in [0.2, 0.25) is 0 Å². The number of aromatic amines is 1. The van der Waals surface area contributed by atoms with Gasteiger partial charge in [-0.2, -0.15) is 19.9 Å². The maximum Gasteiger partial charge on any atom is 0.373 e. The largest absolute Gasteiger partial charge is 0.436 e. The van der Waals surface area contributed by atoms with Gasteiger partial charge in [0.25, 0.3) is 5.88 Å². The van der Waals surface area contributed by atoms with E-state index in [1.165, 1.54) is 6.20 Å². The van der Waals surface area contributed by atoms with Crippen molar-refractivity contribution in [2.75, 3.05) is 0 Å². The van der Waals surface area contributed by atoms with E-state index in [1.807, 2.05) is 24.3 Å². The van der Waals surface area contributed by atoms with Crippen LogP contribution in [0, 0.1) is 0 Å². The molecule has 6 nitrogen and oxygen atoms in total. The molecule has 0 unspecified atom stereocenters. The quantitative estimate of drug-likeness (QED) is 0.868. The standard InChI is InChI=1S/C10H9N3O.CO2/c1-2-8-4-3-5-9(6-8)14-10-7-11-13-12-10;2-1-3/h2-7H,1H2,(H,11,12,13);. The van der Waals surface area contributed by atoms with E-state index in [0.717, 1.165) is 11.3 Å². The molecule has 1 heterocycles. The van der Waals surface area contributed by atoms with Crippen LogP contribution in [-0.2, 0) is 9.59 Å². The maximum atomic E-state index is 8.12. The number of aromatic nitrogens is 3. The van der Waals surface area contributed by atoms with Gasteiger partial charge >= 0.3 is 6.15 Å². The molecule has 6 heteroatoms. The molecule has 0 atom stereocenters. The number of benzene rings is 1. The second-order valence-corrected chi connectivity index (χ2v) is 2.77. The van der Waals surface area contributed by atoms with Gasteiger partial charge in [-0.3, -0.25) is 0 Å². The van der Waals surface area contributed by atoms with Gasteiger partial charge in [0, 0.05) is 0 Å². The van der Waals surface area contributed by atoms with Crippen LogP contribution < -0.4 is 4.74 Å². The first kappa shape index (κ1) is 12.4. The van der Waals surface area contributed by atoms with Crippen LogP contribution in [0.3, 0.4) is 0 Å². The monoisotopic (exact) mass is 231 g/mol. The Morgan fingerprint density at radius 1 is 1.41 bits per heavy atom. The predicted molar refractivity (Wildman–Crippen MR) is 58.0 cm³/mol. The molecule has 2 rings (SSSR count). The SMILES string of the molecule is C=Cc1cccc(Oc2cn[nH]n2)c1.O=C=O. The molecule has 0 aliphatic rings. The van der Waals surface area contributed by atoms with Crippen molar-refractivity contribution in [3.8, 4) is 11.6 Å². The summed E-state index contributed by atoms with van der Waals surface area (Å²) in [6, 6.07) is 7.57. The zero-order chi connectivity index (χ0) is 12.5. The third kappa shape index (κ3) is 4.11. The number of nitrogens with one attached hydrogen (secondary N) is 1. The van der Waals surface area contributed by atoms with Gasteiger partial charge in [0.15, 0.2) is 0 Å². The lowest BCUT2D eigenvalue weighted by atomic mass is 10.2. The van der Waals surface area contributed by atoms with Crippen molar-refractivity contribution in [2.45, 2.75) is 0 Å². The number of H-pyrrole nitrogens is 1. The number of carbonyl (C=O) groups excluding carboxylic acids is 2. The highest BCUT2D eigenvalue weighted by Gasteiger charge is 1.98. The summed E-state index contributed by atoms with van der Waals surface area (Å²) < 4.78 is 5.41. The Hall–Kier alpha value is -2.72. The highest BCUT2D eigenvalue weighted by atomic mass is 16.5. The molecule has 17 heavy (non-hydrogen) atoms. The normalized spacial score (nSPS) is 8.47. The molecule has 0 aliphatic heterocycles. The summed E-state index contributed by atoms with van der Waals surface area (Å²) in [5, 5.41) is 9.90. The predicted octanol–water partition coefficient (Wildman–Crippen LogP) is 1.66. The molecule has 1 aromatic carbocycles. The summed E-state index contributed by atoms with van der Waals surface area (Å²) in [5.74, 6) is 1.17. The van der Waals surface area contributed by atoms with Gasteiger partial charge < -0.3 is 4.74 Å². The number of hydrogen-bond donors (Lipinski definition) is 1. The topological polar surface area (TPSA) is 84.9 Å². The Balaban J connectivity index is 0.000000437. The third-order valence-corrected chi connectivity index (χ3v) is 1.71. The molecular weight excluding hydrogens is 222 g/mol. The molecule has 0 radical (unpaired) electrons. The zero-order valence-corrected chi connectivity index (χ0v) is 8.79. The summed E-state index contributed by atoms with van der Waals surface area (Å²) in [6.45, 7) is 3.68. The van der Waals surface area contributed by atoms with Gasteiger partial charge in [0.2, 0.25) is 0 Å².